The molecule has 0 atom stereocenters. The normalized spacial score (nSPS) is 12.0. The monoisotopic (exact) mass is 604 g/mol. The summed E-state index contributed by atoms with van der Waals surface area (Å²) in [4.78, 5) is 25.1. The Bertz CT molecular complexity index is 1510. The molecule has 0 saturated carbocycles. The van der Waals surface area contributed by atoms with E-state index in [4.69, 9.17) is 42.1 Å². The predicted molar refractivity (Wildman–Crippen MR) is 165 cm³/mol. The molecule has 4 aromatic carbocycles. The van der Waals surface area contributed by atoms with Gasteiger partial charge in [0.05, 0.1) is 25.0 Å². The third-order valence-corrected chi connectivity index (χ3v) is 7.15. The summed E-state index contributed by atoms with van der Waals surface area (Å²) in [6.45, 7) is 5.85. The van der Waals surface area contributed by atoms with Crippen LogP contribution in [0.25, 0.3) is 22.3 Å². The van der Waals surface area contributed by atoms with Crippen molar-refractivity contribution in [3.8, 4) is 45.3 Å². The molecule has 0 radical (unpaired) electrons. The first-order valence-electron chi connectivity index (χ1n) is 13.8. The Hall–Kier alpha value is -4.00. The predicted octanol–water partition coefficient (Wildman–Crippen LogP) is 7.83. The first-order chi connectivity index (χ1) is 20.5. The molecule has 216 valence electrons. The van der Waals surface area contributed by atoms with E-state index in [0.29, 0.717) is 71.9 Å². The fraction of sp³-hybridized carbons (Fsp3) is 0.235. The second kappa shape index (κ2) is 13.3. The van der Waals surface area contributed by atoms with Gasteiger partial charge in [0, 0.05) is 22.3 Å². The summed E-state index contributed by atoms with van der Waals surface area (Å²) in [7, 11) is 0. The van der Waals surface area contributed by atoms with Crippen LogP contribution in [0.15, 0.2) is 72.8 Å². The molecule has 2 aliphatic carbocycles. The smallest absolute Gasteiger partial charge is 0.194 e. The molecule has 0 N–H and O–H groups in total. The number of carbonyl (C=O) groups is 2. The van der Waals surface area contributed by atoms with Gasteiger partial charge in [-0.25, -0.2) is 0 Å². The van der Waals surface area contributed by atoms with Crippen molar-refractivity contribution in [1.82, 2.24) is 0 Å². The van der Waals surface area contributed by atoms with Gasteiger partial charge >= 0.3 is 0 Å². The van der Waals surface area contributed by atoms with Gasteiger partial charge in [0.25, 0.3) is 0 Å². The van der Waals surface area contributed by atoms with E-state index in [2.05, 4.69) is 0 Å². The molecule has 0 aliphatic heterocycles. The van der Waals surface area contributed by atoms with Crippen LogP contribution in [0, 0.1) is 0 Å². The van der Waals surface area contributed by atoms with Crippen molar-refractivity contribution in [1.29, 1.82) is 0 Å². The van der Waals surface area contributed by atoms with Crippen molar-refractivity contribution in [3.05, 3.63) is 95.1 Å². The van der Waals surface area contributed by atoms with Crippen LogP contribution < -0.4 is 18.9 Å². The summed E-state index contributed by atoms with van der Waals surface area (Å²) in [6, 6.07) is 22.4. The number of hydrogen-bond acceptors (Lipinski definition) is 6. The minimum absolute atomic E-state index is 0.0119. The molecular weight excluding hydrogens is 575 g/mol. The third-order valence-electron chi connectivity index (χ3n) is 6.84. The van der Waals surface area contributed by atoms with Crippen LogP contribution in [0.4, 0.5) is 0 Å². The Morgan fingerprint density at radius 2 is 0.738 bits per heavy atom. The highest BCUT2D eigenvalue weighted by Gasteiger charge is 2.28. The number of halogens is 2. The van der Waals surface area contributed by atoms with Crippen LogP contribution in [0.1, 0.15) is 45.7 Å². The van der Waals surface area contributed by atoms with Crippen LogP contribution in [0.3, 0.4) is 0 Å². The Balaban J connectivity index is 0.000000168. The second-order valence-corrected chi connectivity index (χ2v) is 10.2. The standard InChI is InChI=1S/2C17H15ClO3/c2*1-2-20-11-3-5-13-14-6-4-12(21-8-7-18)10-16(14)17(19)15(13)9-11/h2*3-6,9-10H,2,7-8H2,1H3. The lowest BCUT2D eigenvalue weighted by Gasteiger charge is -2.06. The van der Waals surface area contributed by atoms with Gasteiger partial charge in [-0.3, -0.25) is 9.59 Å². The summed E-state index contributed by atoms with van der Waals surface area (Å²) >= 11 is 11.2. The summed E-state index contributed by atoms with van der Waals surface area (Å²) in [5, 5.41) is 0. The van der Waals surface area contributed by atoms with E-state index in [0.717, 1.165) is 33.8 Å². The summed E-state index contributed by atoms with van der Waals surface area (Å²) in [5.41, 5.74) is 6.49. The van der Waals surface area contributed by atoms with E-state index in [1.807, 2.05) is 62.4 Å². The molecule has 8 heteroatoms. The zero-order valence-electron chi connectivity index (χ0n) is 23.4. The lowest BCUT2D eigenvalue weighted by atomic mass is 10.1. The van der Waals surface area contributed by atoms with Crippen molar-refractivity contribution >= 4 is 34.8 Å². The summed E-state index contributed by atoms with van der Waals surface area (Å²) < 4.78 is 21.9. The summed E-state index contributed by atoms with van der Waals surface area (Å²) in [5.74, 6) is 3.63. The molecular formula is C34H30Cl2O6. The Kier molecular flexibility index (Phi) is 9.35. The molecule has 0 bridgehead atoms. The van der Waals surface area contributed by atoms with E-state index in [1.165, 1.54) is 0 Å². The first kappa shape index (κ1) is 29.5. The molecule has 0 saturated heterocycles. The van der Waals surface area contributed by atoms with Crippen LogP contribution in [0.2, 0.25) is 0 Å². The van der Waals surface area contributed by atoms with Gasteiger partial charge in [-0.05, 0) is 109 Å². The second-order valence-electron chi connectivity index (χ2n) is 9.43. The zero-order valence-corrected chi connectivity index (χ0v) is 24.9. The van der Waals surface area contributed by atoms with Crippen LogP contribution in [-0.4, -0.2) is 49.8 Å². The SMILES string of the molecule is CCOc1ccc2c(c1)C(=O)c1cc(OCCCl)ccc1-2.CCOc1ccc2c(c1)C(=O)c1cc(OCCCl)ccc1-2. The maximum atomic E-state index is 12.5. The number of ether oxygens (including phenoxy) is 4. The van der Waals surface area contributed by atoms with Crippen molar-refractivity contribution in [2.24, 2.45) is 0 Å². The number of carbonyl (C=O) groups excluding carboxylic acids is 2. The highest BCUT2D eigenvalue weighted by Crippen LogP contribution is 2.41. The highest BCUT2D eigenvalue weighted by atomic mass is 35.5. The van der Waals surface area contributed by atoms with E-state index in [1.54, 1.807) is 24.3 Å². The lowest BCUT2D eigenvalue weighted by Crippen LogP contribution is -2.00. The van der Waals surface area contributed by atoms with Gasteiger partial charge in [0.2, 0.25) is 0 Å². The summed E-state index contributed by atoms with van der Waals surface area (Å²) in [6.07, 6.45) is 0. The minimum Gasteiger partial charge on any atom is -0.494 e. The highest BCUT2D eigenvalue weighted by molar-refractivity contribution is 6.23. The number of fused-ring (bicyclic) bond motifs is 6. The maximum Gasteiger partial charge on any atom is 0.194 e. The van der Waals surface area contributed by atoms with E-state index in [9.17, 15) is 9.59 Å². The molecule has 0 amide bonds. The largest absolute Gasteiger partial charge is 0.494 e. The lowest BCUT2D eigenvalue weighted by molar-refractivity contribution is 0.103. The Labute approximate surface area is 255 Å². The number of alkyl halides is 2. The van der Waals surface area contributed by atoms with Gasteiger partial charge < -0.3 is 18.9 Å². The van der Waals surface area contributed by atoms with Crippen molar-refractivity contribution in [2.75, 3.05) is 38.2 Å². The first-order valence-corrected chi connectivity index (χ1v) is 14.8. The number of rotatable bonds is 10. The van der Waals surface area contributed by atoms with Crippen LogP contribution in [0.5, 0.6) is 23.0 Å². The van der Waals surface area contributed by atoms with Crippen molar-refractivity contribution < 1.29 is 28.5 Å². The van der Waals surface area contributed by atoms with E-state index >= 15 is 0 Å². The topological polar surface area (TPSA) is 71.1 Å². The van der Waals surface area contributed by atoms with Gasteiger partial charge in [0.1, 0.15) is 36.2 Å². The number of benzene rings is 4. The fourth-order valence-electron chi connectivity index (χ4n) is 5.08. The molecule has 0 heterocycles. The molecule has 4 aromatic rings. The molecule has 2 aliphatic rings. The molecule has 0 unspecified atom stereocenters. The Morgan fingerprint density at radius 1 is 0.452 bits per heavy atom. The van der Waals surface area contributed by atoms with Gasteiger partial charge in [-0.1, -0.05) is 0 Å². The van der Waals surface area contributed by atoms with E-state index in [-0.39, 0.29) is 11.6 Å². The Morgan fingerprint density at radius 3 is 1.00 bits per heavy atom. The molecule has 6 rings (SSSR count). The molecule has 42 heavy (non-hydrogen) atoms. The van der Waals surface area contributed by atoms with Crippen LogP contribution >= 0.6 is 23.2 Å². The van der Waals surface area contributed by atoms with Crippen LogP contribution in [-0.2, 0) is 0 Å². The van der Waals surface area contributed by atoms with Crippen molar-refractivity contribution in [3.63, 3.8) is 0 Å². The molecule has 0 aromatic heterocycles. The van der Waals surface area contributed by atoms with Gasteiger partial charge in [-0.2, -0.15) is 0 Å². The quantitative estimate of drug-likeness (QED) is 0.148. The average Bonchev–Trinajstić information content (AvgIpc) is 3.45. The number of ketones is 2. The van der Waals surface area contributed by atoms with Gasteiger partial charge in [-0.15, -0.1) is 23.2 Å². The molecule has 0 spiro atoms. The molecule has 0 fully saturated rings. The average molecular weight is 606 g/mol. The van der Waals surface area contributed by atoms with Gasteiger partial charge in [0.15, 0.2) is 11.6 Å². The molecule has 6 nitrogen and oxygen atoms in total. The number of hydrogen-bond donors (Lipinski definition) is 0. The minimum atomic E-state index is 0.0119. The maximum absolute atomic E-state index is 12.5. The fourth-order valence-corrected chi connectivity index (χ4v) is 5.23. The van der Waals surface area contributed by atoms with Crippen molar-refractivity contribution in [2.45, 2.75) is 13.8 Å². The third kappa shape index (κ3) is 5.96. The zero-order chi connectivity index (χ0) is 29.6. The van der Waals surface area contributed by atoms with E-state index < -0.39 is 0 Å².